The van der Waals surface area contributed by atoms with Crippen molar-refractivity contribution in [2.45, 2.75) is 46.2 Å². The Labute approximate surface area is 238 Å². The van der Waals surface area contributed by atoms with Gasteiger partial charge in [-0.25, -0.2) is 14.3 Å². The van der Waals surface area contributed by atoms with Crippen LogP contribution in [0.25, 0.3) is 16.9 Å². The number of rotatable bonds is 5. The number of carbonyl (C=O) groups is 2. The van der Waals surface area contributed by atoms with Crippen LogP contribution < -0.4 is 10.1 Å². The lowest BCUT2D eigenvalue weighted by Crippen LogP contribution is -2.26. The Kier molecular flexibility index (Phi) is 7.31. The second-order valence-electron chi connectivity index (χ2n) is 11.0. The predicted octanol–water partition coefficient (Wildman–Crippen LogP) is 6.68. The Balaban J connectivity index is 1.56. The first kappa shape index (κ1) is 28.6. The number of anilines is 1. The molecule has 0 saturated heterocycles. The number of esters is 1. The maximum absolute atomic E-state index is 14.1. The van der Waals surface area contributed by atoms with Gasteiger partial charge in [0.15, 0.2) is 11.3 Å². The molecule has 1 N–H and O–H groups in total. The average molecular weight is 587 g/mol. The molecule has 0 saturated carbocycles. The lowest BCUT2D eigenvalue weighted by atomic mass is 9.72. The molecule has 12 heteroatoms. The largest absolute Gasteiger partial charge is 0.497 e. The molecule has 1 atom stereocenters. The van der Waals surface area contributed by atoms with E-state index in [1.807, 2.05) is 0 Å². The van der Waals surface area contributed by atoms with Crippen LogP contribution in [0, 0.1) is 11.3 Å². The van der Waals surface area contributed by atoms with Gasteiger partial charge in [0.05, 0.1) is 31.7 Å². The fraction of sp³-hybridized carbons (Fsp3) is 0.379. The lowest BCUT2D eigenvalue weighted by molar-refractivity contribution is -0.142. The number of benzene rings is 1. The fourth-order valence-corrected chi connectivity index (χ4v) is 6.45. The van der Waals surface area contributed by atoms with Crippen molar-refractivity contribution in [1.82, 2.24) is 14.6 Å². The van der Waals surface area contributed by atoms with E-state index in [4.69, 9.17) is 9.47 Å². The summed E-state index contributed by atoms with van der Waals surface area (Å²) in [6.45, 7) is 6.52. The van der Waals surface area contributed by atoms with Gasteiger partial charge in [-0.15, -0.1) is 11.3 Å². The summed E-state index contributed by atoms with van der Waals surface area (Å²) >= 11 is 1.30. The summed E-state index contributed by atoms with van der Waals surface area (Å²) in [5, 5.41) is 6.90. The van der Waals surface area contributed by atoms with Gasteiger partial charge in [-0.05, 0) is 66.5 Å². The zero-order valence-corrected chi connectivity index (χ0v) is 24.0. The number of aromatic nitrogens is 3. The van der Waals surface area contributed by atoms with E-state index >= 15 is 0 Å². The number of amides is 1. The van der Waals surface area contributed by atoms with Crippen LogP contribution in [0.3, 0.4) is 0 Å². The molecular weight excluding hydrogens is 557 g/mol. The first-order valence-corrected chi connectivity index (χ1v) is 13.8. The second kappa shape index (κ2) is 10.5. The first-order chi connectivity index (χ1) is 19.3. The molecule has 1 aromatic carbocycles. The third kappa shape index (κ3) is 5.40. The van der Waals surface area contributed by atoms with Crippen LogP contribution in [-0.4, -0.2) is 40.7 Å². The molecule has 0 radical (unpaired) electrons. The van der Waals surface area contributed by atoms with Crippen LogP contribution in [0.1, 0.15) is 64.0 Å². The van der Waals surface area contributed by atoms with Crippen LogP contribution in [0.5, 0.6) is 5.75 Å². The summed E-state index contributed by atoms with van der Waals surface area (Å²) in [6.07, 6.45) is -1.42. The van der Waals surface area contributed by atoms with Gasteiger partial charge < -0.3 is 14.8 Å². The number of hydrogen-bond donors (Lipinski definition) is 1. The van der Waals surface area contributed by atoms with Gasteiger partial charge in [0.25, 0.3) is 5.91 Å². The summed E-state index contributed by atoms with van der Waals surface area (Å²) < 4.78 is 52.9. The van der Waals surface area contributed by atoms with E-state index in [2.05, 4.69) is 36.2 Å². The number of nitrogens with one attached hydrogen (secondary N) is 1. The van der Waals surface area contributed by atoms with E-state index in [0.717, 1.165) is 35.5 Å². The third-order valence-corrected chi connectivity index (χ3v) is 8.67. The van der Waals surface area contributed by atoms with Crippen LogP contribution in [0.15, 0.2) is 36.5 Å². The minimum Gasteiger partial charge on any atom is -0.497 e. The van der Waals surface area contributed by atoms with Gasteiger partial charge in [-0.3, -0.25) is 4.79 Å². The molecule has 1 aliphatic rings. The van der Waals surface area contributed by atoms with E-state index in [1.165, 1.54) is 25.6 Å². The van der Waals surface area contributed by atoms with E-state index in [9.17, 15) is 22.8 Å². The van der Waals surface area contributed by atoms with Crippen molar-refractivity contribution in [2.75, 3.05) is 19.5 Å². The van der Waals surface area contributed by atoms with Crippen LogP contribution in [0.4, 0.5) is 18.2 Å². The Morgan fingerprint density at radius 2 is 1.83 bits per heavy atom. The highest BCUT2D eigenvalue weighted by Gasteiger charge is 2.37. The summed E-state index contributed by atoms with van der Waals surface area (Å²) in [7, 11) is 2.75. The molecule has 0 unspecified atom stereocenters. The van der Waals surface area contributed by atoms with Crippen molar-refractivity contribution in [3.63, 3.8) is 0 Å². The van der Waals surface area contributed by atoms with Gasteiger partial charge in [0.2, 0.25) is 0 Å². The van der Waals surface area contributed by atoms with Crippen molar-refractivity contribution in [2.24, 2.45) is 11.3 Å². The molecule has 0 spiro atoms. The summed E-state index contributed by atoms with van der Waals surface area (Å²) in [6, 6.07) is 7.26. The first-order valence-electron chi connectivity index (χ1n) is 13.0. The Bertz CT molecular complexity index is 1630. The second-order valence-corrected chi connectivity index (χ2v) is 12.1. The number of alkyl halides is 3. The monoisotopic (exact) mass is 586 g/mol. The Hall–Kier alpha value is -3.93. The third-order valence-electron chi connectivity index (χ3n) is 7.50. The molecule has 3 aromatic heterocycles. The van der Waals surface area contributed by atoms with Crippen molar-refractivity contribution < 1.29 is 32.2 Å². The Morgan fingerprint density at radius 1 is 1.12 bits per heavy atom. The number of ether oxygens (including phenoxy) is 2. The van der Waals surface area contributed by atoms with Gasteiger partial charge in [-0.1, -0.05) is 20.8 Å². The average Bonchev–Trinajstić information content (AvgIpc) is 3.51. The minimum atomic E-state index is -4.77. The smallest absolute Gasteiger partial charge is 0.433 e. The summed E-state index contributed by atoms with van der Waals surface area (Å²) in [5.74, 6) is -0.386. The van der Waals surface area contributed by atoms with Gasteiger partial charge in [0.1, 0.15) is 16.3 Å². The number of methoxy groups -OCH3 is 2. The van der Waals surface area contributed by atoms with Crippen molar-refractivity contribution in [3.8, 4) is 17.0 Å². The SMILES string of the molecule is COC(=O)c1c(NC(=O)c2cnn3c(C(F)(F)F)cc(-c4ccc(OC)cc4)nc23)sc2c1CC[C@@H](C(C)(C)C)C2. The minimum absolute atomic E-state index is 0.0112. The van der Waals surface area contributed by atoms with E-state index in [0.29, 0.717) is 33.2 Å². The van der Waals surface area contributed by atoms with E-state index < -0.39 is 23.7 Å². The van der Waals surface area contributed by atoms with Crippen molar-refractivity contribution in [3.05, 3.63) is 63.8 Å². The van der Waals surface area contributed by atoms with Crippen molar-refractivity contribution >= 4 is 33.9 Å². The normalized spacial score (nSPS) is 15.5. The maximum atomic E-state index is 14.1. The number of nitrogens with zero attached hydrogens (tertiary/aromatic N) is 3. The number of thiophene rings is 1. The molecule has 0 fully saturated rings. The molecule has 1 amide bonds. The highest BCUT2D eigenvalue weighted by Crippen LogP contribution is 2.44. The van der Waals surface area contributed by atoms with Gasteiger partial charge in [-0.2, -0.15) is 18.3 Å². The number of halogens is 3. The number of fused-ring (bicyclic) bond motifs is 2. The van der Waals surface area contributed by atoms with E-state index in [1.54, 1.807) is 24.3 Å². The van der Waals surface area contributed by atoms with E-state index in [-0.39, 0.29) is 27.9 Å². The molecule has 8 nitrogen and oxygen atoms in total. The molecule has 216 valence electrons. The molecule has 41 heavy (non-hydrogen) atoms. The molecule has 0 aliphatic heterocycles. The summed E-state index contributed by atoms with van der Waals surface area (Å²) in [4.78, 5) is 31.7. The zero-order chi connectivity index (χ0) is 29.7. The van der Waals surface area contributed by atoms with Crippen molar-refractivity contribution in [1.29, 1.82) is 0 Å². The highest BCUT2D eigenvalue weighted by atomic mass is 32.1. The fourth-order valence-electron chi connectivity index (χ4n) is 5.14. The molecule has 0 bridgehead atoms. The topological polar surface area (TPSA) is 94.8 Å². The van der Waals surface area contributed by atoms with Crippen LogP contribution in [-0.2, 0) is 23.8 Å². The lowest BCUT2D eigenvalue weighted by Gasteiger charge is -2.33. The molecule has 1 aliphatic carbocycles. The number of hydrogen-bond acceptors (Lipinski definition) is 7. The van der Waals surface area contributed by atoms with Gasteiger partial charge in [0, 0.05) is 10.4 Å². The van der Waals surface area contributed by atoms with Gasteiger partial charge >= 0.3 is 12.1 Å². The van der Waals surface area contributed by atoms with Crippen LogP contribution in [0.2, 0.25) is 0 Å². The highest BCUT2D eigenvalue weighted by molar-refractivity contribution is 7.17. The zero-order valence-electron chi connectivity index (χ0n) is 23.2. The molecule has 4 aromatic rings. The maximum Gasteiger partial charge on any atom is 0.433 e. The Morgan fingerprint density at radius 3 is 2.44 bits per heavy atom. The molecule has 5 rings (SSSR count). The standard InChI is InChI=1S/C29H29F3N4O4S/c1-28(2,3)16-8-11-18-21(12-16)41-26(23(18)27(38)40-5)35-25(37)19-14-33-36-22(29(30,31)32)13-20(34-24(19)36)15-6-9-17(39-4)10-7-15/h6-7,9-10,13-14,16H,8,11-12H2,1-5H3,(H,35,37)/t16-/m1/s1. The van der Waals surface area contributed by atoms with Crippen LogP contribution >= 0.6 is 11.3 Å². The quantitative estimate of drug-likeness (QED) is 0.262. The number of carbonyl (C=O) groups excluding carboxylic acids is 2. The molecule has 3 heterocycles. The summed E-state index contributed by atoms with van der Waals surface area (Å²) in [5.41, 5.74) is 0.0943. The predicted molar refractivity (Wildman–Crippen MR) is 149 cm³/mol. The molecular formula is C29H29F3N4O4S.